The third-order valence-electron chi connectivity index (χ3n) is 1.81. The lowest BCUT2D eigenvalue weighted by atomic mass is 10.2. The molecule has 0 amide bonds. The first-order valence-electron chi connectivity index (χ1n) is 5.54. The van der Waals surface area contributed by atoms with E-state index in [4.69, 9.17) is 12.2 Å². The summed E-state index contributed by atoms with van der Waals surface area (Å²) in [5.41, 5.74) is 2.09. The van der Waals surface area contributed by atoms with Crippen molar-refractivity contribution in [3.05, 3.63) is 40.5 Å². The number of hydrogen-bond acceptors (Lipinski definition) is 2. The smallest absolute Gasteiger partial charge is 0.138 e. The van der Waals surface area contributed by atoms with Gasteiger partial charge in [-0.2, -0.15) is 0 Å². The summed E-state index contributed by atoms with van der Waals surface area (Å²) in [6.07, 6.45) is 6.00. The summed E-state index contributed by atoms with van der Waals surface area (Å²) in [5, 5.41) is 0. The molecule has 0 atom stereocenters. The summed E-state index contributed by atoms with van der Waals surface area (Å²) < 4.78 is 0.625. The van der Waals surface area contributed by atoms with Gasteiger partial charge in [-0.15, -0.1) is 0 Å². The summed E-state index contributed by atoms with van der Waals surface area (Å²) in [6, 6.07) is 1.85. The summed E-state index contributed by atoms with van der Waals surface area (Å²) in [6.45, 7) is 9.94. The Morgan fingerprint density at radius 1 is 1.38 bits per heavy atom. The molecule has 1 rings (SSSR count). The van der Waals surface area contributed by atoms with E-state index in [0.29, 0.717) is 4.64 Å². The highest BCUT2D eigenvalue weighted by molar-refractivity contribution is 7.71. The van der Waals surface area contributed by atoms with E-state index in [2.05, 4.69) is 9.97 Å². The fourth-order valence-electron chi connectivity index (χ4n) is 1.21. The van der Waals surface area contributed by atoms with Gasteiger partial charge in [0, 0.05) is 11.3 Å². The molecule has 1 heterocycles. The molecule has 1 N–H and O–H groups in total. The van der Waals surface area contributed by atoms with Crippen molar-refractivity contribution < 1.29 is 0 Å². The van der Waals surface area contributed by atoms with Gasteiger partial charge in [0.05, 0.1) is 0 Å². The molecular formula is C13H20N2S. The van der Waals surface area contributed by atoms with Crippen LogP contribution in [0.2, 0.25) is 0 Å². The predicted octanol–water partition coefficient (Wildman–Crippen LogP) is 4.45. The van der Waals surface area contributed by atoms with E-state index in [9.17, 15) is 0 Å². The van der Waals surface area contributed by atoms with Crippen LogP contribution >= 0.6 is 12.2 Å². The lowest BCUT2D eigenvalue weighted by molar-refractivity contribution is 1.05. The molecule has 0 unspecified atom stereocenters. The Morgan fingerprint density at radius 3 is 2.44 bits per heavy atom. The fourth-order valence-corrected chi connectivity index (χ4v) is 1.47. The molecule has 0 aliphatic rings. The molecule has 0 saturated carbocycles. The Hall–Kier alpha value is -1.22. The van der Waals surface area contributed by atoms with Crippen molar-refractivity contribution in [1.29, 1.82) is 0 Å². The number of H-pyrrole nitrogens is 1. The largest absolute Gasteiger partial charge is 0.343 e. The van der Waals surface area contributed by atoms with Crippen LogP contribution in [0.15, 0.2) is 24.3 Å². The van der Waals surface area contributed by atoms with Crippen LogP contribution < -0.4 is 0 Å². The highest BCUT2D eigenvalue weighted by atomic mass is 32.1. The minimum Gasteiger partial charge on any atom is -0.343 e. The minimum absolute atomic E-state index is 0.625. The monoisotopic (exact) mass is 236 g/mol. The van der Waals surface area contributed by atoms with Crippen molar-refractivity contribution in [3.63, 3.8) is 0 Å². The van der Waals surface area contributed by atoms with E-state index in [0.717, 1.165) is 17.1 Å². The summed E-state index contributed by atoms with van der Waals surface area (Å²) in [5.74, 6) is 0.829. The van der Waals surface area contributed by atoms with Crippen molar-refractivity contribution in [1.82, 2.24) is 9.97 Å². The average Bonchev–Trinajstić information content (AvgIpc) is 2.27. The number of aromatic nitrogens is 2. The van der Waals surface area contributed by atoms with Gasteiger partial charge in [-0.25, -0.2) is 4.98 Å². The number of aromatic amines is 1. The Balaban J connectivity index is 0.00000106. The Bertz CT molecular complexity index is 428. The third kappa shape index (κ3) is 4.53. The van der Waals surface area contributed by atoms with Crippen LogP contribution in [-0.4, -0.2) is 9.97 Å². The zero-order valence-corrected chi connectivity index (χ0v) is 11.5. The Labute approximate surface area is 103 Å². The Morgan fingerprint density at radius 2 is 2.00 bits per heavy atom. The zero-order valence-electron chi connectivity index (χ0n) is 10.7. The van der Waals surface area contributed by atoms with Gasteiger partial charge >= 0.3 is 0 Å². The molecule has 0 spiro atoms. The lowest BCUT2D eigenvalue weighted by Gasteiger charge is -2.02. The van der Waals surface area contributed by atoms with Crippen molar-refractivity contribution in [2.45, 2.75) is 34.6 Å². The third-order valence-corrected chi connectivity index (χ3v) is 2.02. The van der Waals surface area contributed by atoms with Crippen molar-refractivity contribution in [2.24, 2.45) is 0 Å². The number of aryl methyl sites for hydroxylation is 1. The molecule has 0 aliphatic heterocycles. The van der Waals surface area contributed by atoms with E-state index in [1.54, 1.807) is 0 Å². The van der Waals surface area contributed by atoms with Crippen LogP contribution in [0.1, 0.15) is 39.2 Å². The summed E-state index contributed by atoms with van der Waals surface area (Å²) in [7, 11) is 0. The maximum atomic E-state index is 5.06. The van der Waals surface area contributed by atoms with Gasteiger partial charge in [0.2, 0.25) is 0 Å². The van der Waals surface area contributed by atoms with Gasteiger partial charge in [0.15, 0.2) is 0 Å². The highest BCUT2D eigenvalue weighted by Crippen LogP contribution is 2.11. The van der Waals surface area contributed by atoms with Gasteiger partial charge in [0.1, 0.15) is 10.5 Å². The molecule has 0 fully saturated rings. The molecule has 3 heteroatoms. The first-order valence-corrected chi connectivity index (χ1v) is 5.95. The van der Waals surface area contributed by atoms with Crippen molar-refractivity contribution in [3.8, 4) is 0 Å². The molecule has 0 aliphatic carbocycles. The molecule has 0 radical (unpaired) electrons. The van der Waals surface area contributed by atoms with Gasteiger partial charge in [-0.1, -0.05) is 44.3 Å². The molecule has 0 aromatic carbocycles. The van der Waals surface area contributed by atoms with Crippen LogP contribution in [0.3, 0.4) is 0 Å². The maximum Gasteiger partial charge on any atom is 0.138 e. The molecule has 1 aromatic heterocycles. The van der Waals surface area contributed by atoms with Crippen LogP contribution in [-0.2, 0) is 0 Å². The number of allylic oxidation sites excluding steroid dienone is 4. The molecule has 0 bridgehead atoms. The molecular weight excluding hydrogens is 216 g/mol. The van der Waals surface area contributed by atoms with Crippen LogP contribution in [0, 0.1) is 11.6 Å². The molecule has 16 heavy (non-hydrogen) atoms. The highest BCUT2D eigenvalue weighted by Gasteiger charge is 1.99. The number of hydrogen-bond donors (Lipinski definition) is 1. The second-order valence-corrected chi connectivity index (χ2v) is 3.41. The zero-order chi connectivity index (χ0) is 12.6. The first-order chi connectivity index (χ1) is 7.67. The molecule has 1 aromatic rings. The number of nitrogens with zero attached hydrogens (tertiary/aromatic N) is 1. The van der Waals surface area contributed by atoms with Crippen LogP contribution in [0.4, 0.5) is 0 Å². The van der Waals surface area contributed by atoms with E-state index in [1.165, 1.54) is 0 Å². The van der Waals surface area contributed by atoms with Gasteiger partial charge in [-0.05, 0) is 26.8 Å². The molecule has 2 nitrogen and oxygen atoms in total. The van der Waals surface area contributed by atoms with Gasteiger partial charge in [0.25, 0.3) is 0 Å². The minimum atomic E-state index is 0.625. The summed E-state index contributed by atoms with van der Waals surface area (Å²) in [4.78, 5) is 7.45. The second-order valence-electron chi connectivity index (χ2n) is 3.00. The quantitative estimate of drug-likeness (QED) is 0.607. The standard InChI is InChI=1S/C11H14N2S.C2H6/c1-4-6-9(5-2)11-12-8(3)7-10(14)13-11;1-2/h4-7H,1-3H3,(H,12,13,14);1-2H3/b6-4-,9-5+;. The van der Waals surface area contributed by atoms with Crippen LogP contribution in [0.25, 0.3) is 5.57 Å². The van der Waals surface area contributed by atoms with E-state index < -0.39 is 0 Å². The Kier molecular flexibility index (Phi) is 7.38. The van der Waals surface area contributed by atoms with E-state index >= 15 is 0 Å². The van der Waals surface area contributed by atoms with Crippen molar-refractivity contribution >= 4 is 17.8 Å². The maximum absolute atomic E-state index is 5.06. The SMILES string of the molecule is C/C=C\C(=C/C)c1nc(=S)cc(C)[nH]1.CC. The average molecular weight is 236 g/mol. The normalized spacial score (nSPS) is 11.2. The van der Waals surface area contributed by atoms with Gasteiger partial charge < -0.3 is 4.98 Å². The van der Waals surface area contributed by atoms with E-state index in [-0.39, 0.29) is 0 Å². The van der Waals surface area contributed by atoms with Gasteiger partial charge in [-0.3, -0.25) is 0 Å². The summed E-state index contributed by atoms with van der Waals surface area (Å²) >= 11 is 5.06. The number of rotatable bonds is 2. The molecule has 88 valence electrons. The molecule has 0 saturated heterocycles. The first kappa shape index (κ1) is 14.8. The second kappa shape index (κ2) is 7.99. The van der Waals surface area contributed by atoms with Crippen molar-refractivity contribution in [2.75, 3.05) is 0 Å². The predicted molar refractivity (Wildman–Crippen MR) is 74.0 cm³/mol. The number of nitrogens with one attached hydrogen (secondary N) is 1. The topological polar surface area (TPSA) is 28.7 Å². The van der Waals surface area contributed by atoms with E-state index in [1.807, 2.05) is 58.9 Å². The lowest BCUT2D eigenvalue weighted by Crippen LogP contribution is -1.94. The fraction of sp³-hybridized carbons (Fsp3) is 0.385. The van der Waals surface area contributed by atoms with Crippen LogP contribution in [0.5, 0.6) is 0 Å².